The molecule has 3 rings (SSSR count). The Morgan fingerprint density at radius 2 is 2.00 bits per heavy atom. The molecule has 1 N–H and O–H groups in total. The number of Topliss-reactive ketones (excluding diaryl/α,β-unsaturated/α-hetero) is 1. The molecule has 9 heteroatoms. The first kappa shape index (κ1) is 26.4. The summed E-state index contributed by atoms with van der Waals surface area (Å²) in [7, 11) is 1.53. The number of aryl methyl sites for hydroxylation is 2. The van der Waals surface area contributed by atoms with E-state index in [1.54, 1.807) is 36.1 Å². The van der Waals surface area contributed by atoms with Gasteiger partial charge in [-0.25, -0.2) is 4.98 Å². The first-order chi connectivity index (χ1) is 16.8. The maximum atomic E-state index is 13.7. The van der Waals surface area contributed by atoms with Gasteiger partial charge in [-0.2, -0.15) is 0 Å². The zero-order valence-corrected chi connectivity index (χ0v) is 21.8. The number of likely N-dealkylation sites (N-methyl/N-ethyl adjacent to an activating group) is 1. The number of amides is 1. The smallest absolute Gasteiger partial charge is 0.290 e. The van der Waals surface area contributed by atoms with Crippen LogP contribution in [0.1, 0.15) is 45.8 Å². The fourth-order valence-corrected chi connectivity index (χ4v) is 5.11. The molecule has 2 aromatic rings. The van der Waals surface area contributed by atoms with Crippen molar-refractivity contribution < 1.29 is 24.2 Å². The number of aliphatic hydroxyl groups is 1. The molecule has 1 aliphatic heterocycles. The van der Waals surface area contributed by atoms with Gasteiger partial charge in [0.15, 0.2) is 17.3 Å². The van der Waals surface area contributed by atoms with Gasteiger partial charge in [0.25, 0.3) is 5.91 Å². The van der Waals surface area contributed by atoms with Crippen molar-refractivity contribution in [2.75, 3.05) is 39.9 Å². The number of benzene rings is 1. The lowest BCUT2D eigenvalue weighted by Crippen LogP contribution is -2.38. The van der Waals surface area contributed by atoms with Crippen LogP contribution in [-0.2, 0) is 4.79 Å². The van der Waals surface area contributed by atoms with Crippen molar-refractivity contribution in [1.29, 1.82) is 0 Å². The summed E-state index contributed by atoms with van der Waals surface area (Å²) in [6.45, 7) is 14.3. The topological polar surface area (TPSA) is 92.2 Å². The molecule has 0 saturated carbocycles. The van der Waals surface area contributed by atoms with Crippen molar-refractivity contribution in [3.8, 4) is 11.5 Å². The maximum absolute atomic E-state index is 13.7. The minimum Gasteiger partial charge on any atom is -0.503 e. The lowest BCUT2D eigenvalue weighted by Gasteiger charge is -2.29. The Morgan fingerprint density at radius 3 is 2.57 bits per heavy atom. The molecule has 2 heterocycles. The number of ether oxygens (including phenoxy) is 2. The molecule has 0 saturated heterocycles. The van der Waals surface area contributed by atoms with E-state index < -0.39 is 17.7 Å². The van der Waals surface area contributed by atoms with Gasteiger partial charge in [0.1, 0.15) is 6.61 Å². The molecule has 1 unspecified atom stereocenters. The molecule has 0 aliphatic carbocycles. The fraction of sp³-hybridized carbons (Fsp3) is 0.423. The number of carbonyl (C=O) groups excluding carboxylic acids is 2. The number of rotatable bonds is 12. The zero-order chi connectivity index (χ0) is 25.7. The summed E-state index contributed by atoms with van der Waals surface area (Å²) in [6.07, 6.45) is 1.63. The lowest BCUT2D eigenvalue weighted by atomic mass is 9.94. The van der Waals surface area contributed by atoms with Gasteiger partial charge < -0.3 is 24.4 Å². The molecule has 0 fully saturated rings. The molecule has 1 atom stereocenters. The quantitative estimate of drug-likeness (QED) is 0.345. The predicted octanol–water partition coefficient (Wildman–Crippen LogP) is 4.25. The molecular formula is C26H33N3O5S. The monoisotopic (exact) mass is 499 g/mol. The molecule has 1 aromatic heterocycles. The average Bonchev–Trinajstić information content (AvgIpc) is 3.32. The van der Waals surface area contributed by atoms with Gasteiger partial charge >= 0.3 is 0 Å². The molecule has 188 valence electrons. The largest absolute Gasteiger partial charge is 0.503 e. The standard InChI is InChI=1S/C26H33N3O5S/c1-7-14-34-19-11-10-18(15-20(19)33-6)22-21(23(30)25-16(4)27-17(5)35-25)24(31)26(32)29(22)13-12-28(8-2)9-3/h7,10-11,15,22,31H,1,8-9,12-14H2,2-6H3. The number of hydrogen-bond acceptors (Lipinski definition) is 8. The van der Waals surface area contributed by atoms with Gasteiger partial charge in [-0.1, -0.05) is 32.6 Å². The second-order valence-electron chi connectivity index (χ2n) is 8.18. The van der Waals surface area contributed by atoms with Crippen LogP contribution in [0.3, 0.4) is 0 Å². The SMILES string of the molecule is C=CCOc1ccc(C2C(C(=O)c3sc(C)nc3C)=C(O)C(=O)N2CCN(CC)CC)cc1OC. The number of carbonyl (C=O) groups is 2. The summed E-state index contributed by atoms with van der Waals surface area (Å²) in [5, 5.41) is 11.7. The summed E-state index contributed by atoms with van der Waals surface area (Å²) in [4.78, 5) is 35.4. The highest BCUT2D eigenvalue weighted by molar-refractivity contribution is 7.14. The number of thiazole rings is 1. The summed E-state index contributed by atoms with van der Waals surface area (Å²) in [5.41, 5.74) is 1.28. The average molecular weight is 500 g/mol. The van der Waals surface area contributed by atoms with Crippen LogP contribution in [0.25, 0.3) is 0 Å². The van der Waals surface area contributed by atoms with Gasteiger partial charge in [0.2, 0.25) is 5.78 Å². The first-order valence-corrected chi connectivity index (χ1v) is 12.5. The Bertz CT molecular complexity index is 1140. The molecule has 1 aliphatic rings. The first-order valence-electron chi connectivity index (χ1n) is 11.6. The summed E-state index contributed by atoms with van der Waals surface area (Å²) in [5.74, 6) is -0.486. The zero-order valence-electron chi connectivity index (χ0n) is 21.0. The Hall–Kier alpha value is -3.17. The molecule has 1 aromatic carbocycles. The Morgan fingerprint density at radius 1 is 1.29 bits per heavy atom. The van der Waals surface area contributed by atoms with Crippen LogP contribution >= 0.6 is 11.3 Å². The van der Waals surface area contributed by atoms with E-state index in [0.717, 1.165) is 18.1 Å². The predicted molar refractivity (Wildman–Crippen MR) is 137 cm³/mol. The fourth-order valence-electron chi connectivity index (χ4n) is 4.24. The van der Waals surface area contributed by atoms with E-state index in [9.17, 15) is 14.7 Å². The van der Waals surface area contributed by atoms with Crippen molar-refractivity contribution in [3.05, 3.63) is 63.3 Å². The Labute approximate surface area is 210 Å². The maximum Gasteiger partial charge on any atom is 0.290 e. The minimum atomic E-state index is -0.769. The second-order valence-corrected chi connectivity index (χ2v) is 9.38. The molecule has 0 spiro atoms. The third-order valence-electron chi connectivity index (χ3n) is 6.07. The number of aliphatic hydroxyl groups excluding tert-OH is 1. The van der Waals surface area contributed by atoms with Gasteiger partial charge in [-0.05, 0) is 44.6 Å². The number of hydrogen-bond donors (Lipinski definition) is 1. The van der Waals surface area contributed by atoms with Gasteiger partial charge in [0.05, 0.1) is 34.3 Å². The lowest BCUT2D eigenvalue weighted by molar-refractivity contribution is -0.129. The molecule has 0 radical (unpaired) electrons. The van der Waals surface area contributed by atoms with E-state index in [2.05, 4.69) is 30.3 Å². The van der Waals surface area contributed by atoms with Crippen molar-refractivity contribution in [3.63, 3.8) is 0 Å². The number of ketones is 1. The van der Waals surface area contributed by atoms with E-state index in [-0.39, 0.29) is 11.4 Å². The van der Waals surface area contributed by atoms with Crippen LogP contribution < -0.4 is 9.47 Å². The minimum absolute atomic E-state index is 0.0584. The van der Waals surface area contributed by atoms with Crippen LogP contribution in [0, 0.1) is 13.8 Å². The normalized spacial score (nSPS) is 15.8. The van der Waals surface area contributed by atoms with Crippen molar-refractivity contribution in [1.82, 2.24) is 14.8 Å². The summed E-state index contributed by atoms with van der Waals surface area (Å²) >= 11 is 1.26. The van der Waals surface area contributed by atoms with Crippen LogP contribution in [0.15, 0.2) is 42.2 Å². The van der Waals surface area contributed by atoms with Crippen molar-refractivity contribution in [2.24, 2.45) is 0 Å². The molecular weight excluding hydrogens is 466 g/mol. The highest BCUT2D eigenvalue weighted by Crippen LogP contribution is 2.42. The summed E-state index contributed by atoms with van der Waals surface area (Å²) in [6, 6.07) is 4.51. The highest BCUT2D eigenvalue weighted by atomic mass is 32.1. The van der Waals surface area contributed by atoms with E-state index >= 15 is 0 Å². The van der Waals surface area contributed by atoms with E-state index in [1.807, 2.05) is 6.92 Å². The van der Waals surface area contributed by atoms with Crippen LogP contribution in [-0.4, -0.2) is 71.5 Å². The van der Waals surface area contributed by atoms with Crippen LogP contribution in [0.5, 0.6) is 11.5 Å². The van der Waals surface area contributed by atoms with Crippen LogP contribution in [0.2, 0.25) is 0 Å². The molecule has 35 heavy (non-hydrogen) atoms. The van der Waals surface area contributed by atoms with Crippen molar-refractivity contribution in [2.45, 2.75) is 33.7 Å². The van der Waals surface area contributed by atoms with E-state index in [0.29, 0.717) is 47.3 Å². The summed E-state index contributed by atoms with van der Waals surface area (Å²) < 4.78 is 11.2. The Kier molecular flexibility index (Phi) is 8.69. The highest BCUT2D eigenvalue weighted by Gasteiger charge is 2.44. The number of aromatic nitrogens is 1. The van der Waals surface area contributed by atoms with Crippen LogP contribution in [0.4, 0.5) is 0 Å². The number of methoxy groups -OCH3 is 1. The molecule has 1 amide bonds. The van der Waals surface area contributed by atoms with E-state index in [1.165, 1.54) is 18.4 Å². The van der Waals surface area contributed by atoms with Gasteiger partial charge in [-0.15, -0.1) is 11.3 Å². The third kappa shape index (κ3) is 5.41. The molecule has 8 nitrogen and oxygen atoms in total. The number of nitrogens with zero attached hydrogens (tertiary/aromatic N) is 3. The second kappa shape index (κ2) is 11.5. The van der Waals surface area contributed by atoms with E-state index in [4.69, 9.17) is 9.47 Å². The van der Waals surface area contributed by atoms with Gasteiger partial charge in [0, 0.05) is 13.1 Å². The molecule has 0 bridgehead atoms. The van der Waals surface area contributed by atoms with Crippen molar-refractivity contribution >= 4 is 23.0 Å². The Balaban J connectivity index is 2.09. The van der Waals surface area contributed by atoms with Gasteiger partial charge in [-0.3, -0.25) is 9.59 Å². The third-order valence-corrected chi connectivity index (χ3v) is 7.14.